The zero-order chi connectivity index (χ0) is 11.5. The van der Waals surface area contributed by atoms with E-state index in [-0.39, 0.29) is 12.1 Å². The molecule has 15 heavy (non-hydrogen) atoms. The quantitative estimate of drug-likeness (QED) is 0.347. The van der Waals surface area contributed by atoms with Gasteiger partial charge in [-0.3, -0.25) is 4.79 Å². The lowest BCUT2D eigenvalue weighted by atomic mass is 10.1. The Kier molecular flexibility index (Phi) is 9.24. The summed E-state index contributed by atoms with van der Waals surface area (Å²) in [5.41, 5.74) is 0. The van der Waals surface area contributed by atoms with Gasteiger partial charge in [-0.2, -0.15) is 0 Å². The molecule has 0 amide bonds. The van der Waals surface area contributed by atoms with E-state index in [1.807, 2.05) is 6.08 Å². The van der Waals surface area contributed by atoms with E-state index >= 15 is 0 Å². The second kappa shape index (κ2) is 9.75. The molecule has 0 bridgehead atoms. The van der Waals surface area contributed by atoms with Crippen LogP contribution in [0.5, 0.6) is 0 Å². The second-order valence-electron chi connectivity index (χ2n) is 3.83. The molecule has 0 aliphatic heterocycles. The monoisotopic (exact) mass is 212 g/mol. The fourth-order valence-electron chi connectivity index (χ4n) is 1.47. The largest absolute Gasteiger partial charge is 0.458 e. The van der Waals surface area contributed by atoms with Gasteiger partial charge in [-0.15, -0.1) is 0 Å². The topological polar surface area (TPSA) is 26.3 Å². The standard InChI is InChI=1S/C13H24O2/c1-4-6-8-9-11-13(10-7-5-2)15-12(3)14/h7,10,13H,4-6,8-9,11H2,1-3H3. The molecule has 0 fully saturated rings. The molecule has 0 rings (SSSR count). The first kappa shape index (κ1) is 14.2. The van der Waals surface area contributed by atoms with Gasteiger partial charge in [0.15, 0.2) is 0 Å². The van der Waals surface area contributed by atoms with Crippen LogP contribution in [0.2, 0.25) is 0 Å². The predicted octanol–water partition coefficient (Wildman–Crippen LogP) is 3.85. The number of carbonyl (C=O) groups excluding carboxylic acids is 1. The molecule has 0 aromatic rings. The number of esters is 1. The highest BCUT2D eigenvalue weighted by molar-refractivity contribution is 5.66. The van der Waals surface area contributed by atoms with Gasteiger partial charge in [-0.05, 0) is 25.3 Å². The van der Waals surface area contributed by atoms with Crippen molar-refractivity contribution in [3.05, 3.63) is 12.2 Å². The third-order valence-electron chi connectivity index (χ3n) is 2.25. The van der Waals surface area contributed by atoms with E-state index in [2.05, 4.69) is 19.9 Å². The molecular weight excluding hydrogens is 188 g/mol. The van der Waals surface area contributed by atoms with Crippen molar-refractivity contribution >= 4 is 5.97 Å². The van der Waals surface area contributed by atoms with E-state index in [4.69, 9.17) is 4.74 Å². The summed E-state index contributed by atoms with van der Waals surface area (Å²) in [5, 5.41) is 0. The molecule has 0 aromatic carbocycles. The lowest BCUT2D eigenvalue weighted by Gasteiger charge is -2.12. The molecule has 0 spiro atoms. The van der Waals surface area contributed by atoms with Crippen LogP contribution in [0.25, 0.3) is 0 Å². The Morgan fingerprint density at radius 1 is 1.27 bits per heavy atom. The molecule has 2 heteroatoms. The fraction of sp³-hybridized carbons (Fsp3) is 0.769. The number of unbranched alkanes of at least 4 members (excludes halogenated alkanes) is 3. The van der Waals surface area contributed by atoms with Crippen LogP contribution in [0.1, 0.15) is 59.3 Å². The van der Waals surface area contributed by atoms with Crippen molar-refractivity contribution in [2.45, 2.75) is 65.4 Å². The Bertz CT molecular complexity index is 185. The van der Waals surface area contributed by atoms with Crippen LogP contribution < -0.4 is 0 Å². The molecule has 0 aliphatic carbocycles. The van der Waals surface area contributed by atoms with Crippen LogP contribution >= 0.6 is 0 Å². The van der Waals surface area contributed by atoms with E-state index in [1.54, 1.807) is 0 Å². The van der Waals surface area contributed by atoms with Gasteiger partial charge < -0.3 is 4.74 Å². The van der Waals surface area contributed by atoms with Gasteiger partial charge in [-0.1, -0.05) is 39.2 Å². The molecule has 1 atom stereocenters. The first-order valence-corrected chi connectivity index (χ1v) is 6.04. The smallest absolute Gasteiger partial charge is 0.303 e. The van der Waals surface area contributed by atoms with Crippen molar-refractivity contribution in [3.63, 3.8) is 0 Å². The molecular formula is C13H24O2. The average molecular weight is 212 g/mol. The van der Waals surface area contributed by atoms with Gasteiger partial charge in [0.05, 0.1) is 0 Å². The number of hydrogen-bond acceptors (Lipinski definition) is 2. The van der Waals surface area contributed by atoms with Crippen molar-refractivity contribution in [1.29, 1.82) is 0 Å². The van der Waals surface area contributed by atoms with Gasteiger partial charge in [0.25, 0.3) is 0 Å². The Hall–Kier alpha value is -0.790. The summed E-state index contributed by atoms with van der Waals surface area (Å²) in [6.45, 7) is 5.75. The highest BCUT2D eigenvalue weighted by Crippen LogP contribution is 2.10. The van der Waals surface area contributed by atoms with Crippen LogP contribution in [0, 0.1) is 0 Å². The van der Waals surface area contributed by atoms with Gasteiger partial charge >= 0.3 is 5.97 Å². The molecule has 1 unspecified atom stereocenters. The number of hydrogen-bond donors (Lipinski definition) is 0. The normalized spacial score (nSPS) is 13.0. The second-order valence-corrected chi connectivity index (χ2v) is 3.83. The first-order valence-electron chi connectivity index (χ1n) is 6.04. The predicted molar refractivity (Wildman–Crippen MR) is 63.7 cm³/mol. The maximum atomic E-state index is 10.9. The number of allylic oxidation sites excluding steroid dienone is 1. The Balaban J connectivity index is 3.79. The summed E-state index contributed by atoms with van der Waals surface area (Å²) in [5.74, 6) is -0.184. The zero-order valence-corrected chi connectivity index (χ0v) is 10.3. The molecule has 0 radical (unpaired) electrons. The summed E-state index contributed by atoms with van der Waals surface area (Å²) >= 11 is 0. The maximum Gasteiger partial charge on any atom is 0.303 e. The number of ether oxygens (including phenoxy) is 1. The molecule has 88 valence electrons. The minimum Gasteiger partial charge on any atom is -0.458 e. The van der Waals surface area contributed by atoms with Crippen molar-refractivity contribution in [3.8, 4) is 0 Å². The van der Waals surface area contributed by atoms with E-state index < -0.39 is 0 Å². The fourth-order valence-corrected chi connectivity index (χ4v) is 1.47. The summed E-state index contributed by atoms with van der Waals surface area (Å²) in [7, 11) is 0. The molecule has 0 heterocycles. The maximum absolute atomic E-state index is 10.9. The molecule has 0 aromatic heterocycles. The van der Waals surface area contributed by atoms with Crippen molar-refractivity contribution in [2.24, 2.45) is 0 Å². The summed E-state index contributed by atoms with van der Waals surface area (Å²) < 4.78 is 5.21. The minimum absolute atomic E-state index is 0.0145. The van der Waals surface area contributed by atoms with Gasteiger partial charge in [0.2, 0.25) is 0 Å². The molecule has 0 aliphatic rings. The molecule has 0 N–H and O–H groups in total. The van der Waals surface area contributed by atoms with Crippen LogP contribution in [0.4, 0.5) is 0 Å². The summed E-state index contributed by atoms with van der Waals surface area (Å²) in [6.07, 6.45) is 10.9. The average Bonchev–Trinajstić information content (AvgIpc) is 2.19. The molecule has 0 saturated heterocycles. The van der Waals surface area contributed by atoms with Gasteiger partial charge in [-0.25, -0.2) is 0 Å². The third-order valence-corrected chi connectivity index (χ3v) is 2.25. The zero-order valence-electron chi connectivity index (χ0n) is 10.3. The van der Waals surface area contributed by atoms with E-state index in [1.165, 1.54) is 26.2 Å². The lowest BCUT2D eigenvalue weighted by Crippen LogP contribution is -2.13. The third kappa shape index (κ3) is 9.51. The Labute approximate surface area is 93.7 Å². The van der Waals surface area contributed by atoms with Crippen LogP contribution in [0.3, 0.4) is 0 Å². The van der Waals surface area contributed by atoms with Crippen LogP contribution in [-0.2, 0) is 9.53 Å². The van der Waals surface area contributed by atoms with Crippen molar-refractivity contribution in [1.82, 2.24) is 0 Å². The van der Waals surface area contributed by atoms with Crippen molar-refractivity contribution < 1.29 is 9.53 Å². The highest BCUT2D eigenvalue weighted by Gasteiger charge is 2.06. The minimum atomic E-state index is -0.184. The molecule has 0 saturated carbocycles. The lowest BCUT2D eigenvalue weighted by molar-refractivity contribution is -0.144. The summed E-state index contributed by atoms with van der Waals surface area (Å²) in [4.78, 5) is 10.9. The van der Waals surface area contributed by atoms with Crippen LogP contribution in [-0.4, -0.2) is 12.1 Å². The van der Waals surface area contributed by atoms with Gasteiger partial charge in [0, 0.05) is 6.92 Å². The number of carbonyl (C=O) groups is 1. The van der Waals surface area contributed by atoms with E-state index in [0.717, 1.165) is 19.3 Å². The number of rotatable bonds is 8. The molecule has 2 nitrogen and oxygen atoms in total. The van der Waals surface area contributed by atoms with E-state index in [0.29, 0.717) is 0 Å². The van der Waals surface area contributed by atoms with Crippen molar-refractivity contribution in [2.75, 3.05) is 0 Å². The Morgan fingerprint density at radius 3 is 2.53 bits per heavy atom. The van der Waals surface area contributed by atoms with Crippen LogP contribution in [0.15, 0.2) is 12.2 Å². The first-order chi connectivity index (χ1) is 7.20. The van der Waals surface area contributed by atoms with Gasteiger partial charge in [0.1, 0.15) is 6.10 Å². The van der Waals surface area contributed by atoms with E-state index in [9.17, 15) is 4.79 Å². The Morgan fingerprint density at radius 2 is 2.00 bits per heavy atom. The highest BCUT2D eigenvalue weighted by atomic mass is 16.5. The SMILES string of the molecule is CCC=CC(CCCCCC)OC(C)=O. The summed E-state index contributed by atoms with van der Waals surface area (Å²) in [6, 6.07) is 0.